The zero-order valence-electron chi connectivity index (χ0n) is 14.1. The minimum atomic E-state index is 0.0475. The largest absolute Gasteiger partial charge is 0.392 e. The van der Waals surface area contributed by atoms with E-state index < -0.39 is 0 Å². The second-order valence-corrected chi connectivity index (χ2v) is 7.82. The number of aryl methyl sites for hydroxylation is 1. The maximum Gasteiger partial charge on any atom is 0.195 e. The number of hydrogen-bond donors (Lipinski definition) is 1. The van der Waals surface area contributed by atoms with Crippen molar-refractivity contribution in [1.82, 2.24) is 9.97 Å². The fourth-order valence-electron chi connectivity index (χ4n) is 2.69. The summed E-state index contributed by atoms with van der Waals surface area (Å²) < 4.78 is 0.946. The van der Waals surface area contributed by atoms with Crippen LogP contribution in [0.3, 0.4) is 0 Å². The highest BCUT2D eigenvalue weighted by molar-refractivity contribution is 7.23. The summed E-state index contributed by atoms with van der Waals surface area (Å²) in [4.78, 5) is 11.1. The third-order valence-corrected chi connectivity index (χ3v) is 6.24. The molecule has 3 heterocycles. The number of azo groups is 1. The van der Waals surface area contributed by atoms with Crippen molar-refractivity contribution in [2.75, 3.05) is 0 Å². The molecule has 0 unspecified atom stereocenters. The number of fused-ring (bicyclic) bond motifs is 1. The molecule has 4 aromatic rings. The van der Waals surface area contributed by atoms with Crippen molar-refractivity contribution in [2.24, 2.45) is 10.2 Å². The summed E-state index contributed by atoms with van der Waals surface area (Å²) in [7, 11) is 0. The van der Waals surface area contributed by atoms with Crippen LogP contribution in [0.15, 0.2) is 58.3 Å². The van der Waals surface area contributed by atoms with Gasteiger partial charge in [0.05, 0.1) is 18.7 Å². The Morgan fingerprint density at radius 3 is 2.69 bits per heavy atom. The average Bonchev–Trinajstić information content (AvgIpc) is 3.31. The van der Waals surface area contributed by atoms with Crippen LogP contribution in [0.5, 0.6) is 0 Å². The third kappa shape index (κ3) is 3.29. The standard InChI is InChI=1S/C19H16N4OS2/c1-12-16-18(26-17(12)14-6-4-13(10-24)5-7-14)19(21-11-20-16)23-22-9-15-3-2-8-25-15/h2-8,11,24H,9-10H2,1H3. The first-order valence-corrected chi connectivity index (χ1v) is 9.80. The zero-order chi connectivity index (χ0) is 17.9. The maximum atomic E-state index is 9.22. The molecule has 0 atom stereocenters. The molecule has 0 bridgehead atoms. The molecule has 0 spiro atoms. The van der Waals surface area contributed by atoms with Gasteiger partial charge in [-0.1, -0.05) is 30.3 Å². The summed E-state index contributed by atoms with van der Waals surface area (Å²) in [6.07, 6.45) is 1.54. The van der Waals surface area contributed by atoms with Gasteiger partial charge in [0.15, 0.2) is 5.82 Å². The van der Waals surface area contributed by atoms with Gasteiger partial charge in [-0.15, -0.1) is 27.8 Å². The molecule has 0 aliphatic heterocycles. The Bertz CT molecular complexity index is 1050. The van der Waals surface area contributed by atoms with Crippen molar-refractivity contribution in [3.05, 3.63) is 64.1 Å². The Kier molecular flexibility index (Phi) is 4.83. The number of thiophene rings is 2. The van der Waals surface area contributed by atoms with Crippen molar-refractivity contribution >= 4 is 38.7 Å². The van der Waals surface area contributed by atoms with Crippen LogP contribution in [0.2, 0.25) is 0 Å². The molecule has 3 aromatic heterocycles. The first-order valence-electron chi connectivity index (χ1n) is 8.10. The summed E-state index contributed by atoms with van der Waals surface area (Å²) in [6, 6.07) is 12.0. The van der Waals surface area contributed by atoms with Crippen LogP contribution in [-0.4, -0.2) is 15.1 Å². The topological polar surface area (TPSA) is 70.7 Å². The van der Waals surface area contributed by atoms with Gasteiger partial charge in [0.1, 0.15) is 11.0 Å². The summed E-state index contributed by atoms with van der Waals surface area (Å²) >= 11 is 3.29. The van der Waals surface area contributed by atoms with Crippen LogP contribution in [0.25, 0.3) is 20.7 Å². The van der Waals surface area contributed by atoms with E-state index in [0.717, 1.165) is 31.8 Å². The lowest BCUT2D eigenvalue weighted by molar-refractivity contribution is 0.282. The molecule has 0 aliphatic rings. The van der Waals surface area contributed by atoms with Crippen molar-refractivity contribution in [3.63, 3.8) is 0 Å². The Hall–Kier alpha value is -2.48. The third-order valence-electron chi connectivity index (χ3n) is 4.06. The lowest BCUT2D eigenvalue weighted by atomic mass is 10.1. The molecule has 0 aliphatic carbocycles. The normalized spacial score (nSPS) is 11.6. The molecule has 0 saturated carbocycles. The Morgan fingerprint density at radius 1 is 1.12 bits per heavy atom. The predicted octanol–water partition coefficient (Wildman–Crippen LogP) is 5.50. The number of aromatic nitrogens is 2. The highest BCUT2D eigenvalue weighted by Crippen LogP contribution is 2.40. The van der Waals surface area contributed by atoms with Crippen LogP contribution >= 0.6 is 22.7 Å². The first kappa shape index (κ1) is 17.0. The molecular formula is C19H16N4OS2. The van der Waals surface area contributed by atoms with Gasteiger partial charge in [-0.2, -0.15) is 5.11 Å². The maximum absolute atomic E-state index is 9.22. The highest BCUT2D eigenvalue weighted by Gasteiger charge is 2.15. The van der Waals surface area contributed by atoms with Crippen LogP contribution < -0.4 is 0 Å². The molecule has 4 rings (SSSR count). The number of benzene rings is 1. The van der Waals surface area contributed by atoms with Gasteiger partial charge in [0.25, 0.3) is 0 Å². The van der Waals surface area contributed by atoms with Gasteiger partial charge in [0.2, 0.25) is 0 Å². The molecule has 26 heavy (non-hydrogen) atoms. The molecule has 1 N–H and O–H groups in total. The lowest BCUT2D eigenvalue weighted by Crippen LogP contribution is -1.83. The number of aliphatic hydroxyl groups excluding tert-OH is 1. The second kappa shape index (κ2) is 7.41. The fraction of sp³-hybridized carbons (Fsp3) is 0.158. The minimum absolute atomic E-state index is 0.0475. The molecule has 0 saturated heterocycles. The minimum Gasteiger partial charge on any atom is -0.392 e. The fourth-order valence-corrected chi connectivity index (χ4v) is 4.51. The number of nitrogens with zero attached hydrogens (tertiary/aromatic N) is 4. The van der Waals surface area contributed by atoms with Crippen molar-refractivity contribution in [1.29, 1.82) is 0 Å². The molecule has 1 aromatic carbocycles. The molecule has 130 valence electrons. The van der Waals surface area contributed by atoms with E-state index in [1.165, 1.54) is 4.88 Å². The van der Waals surface area contributed by atoms with Gasteiger partial charge in [-0.3, -0.25) is 0 Å². The van der Waals surface area contributed by atoms with Crippen LogP contribution in [-0.2, 0) is 13.2 Å². The quantitative estimate of drug-likeness (QED) is 0.464. The zero-order valence-corrected chi connectivity index (χ0v) is 15.7. The summed E-state index contributed by atoms with van der Waals surface area (Å²) in [5, 5.41) is 19.9. The highest BCUT2D eigenvalue weighted by atomic mass is 32.1. The molecule has 7 heteroatoms. The van der Waals surface area contributed by atoms with E-state index in [-0.39, 0.29) is 6.61 Å². The van der Waals surface area contributed by atoms with Gasteiger partial charge < -0.3 is 5.11 Å². The van der Waals surface area contributed by atoms with Crippen molar-refractivity contribution in [3.8, 4) is 10.4 Å². The smallest absolute Gasteiger partial charge is 0.195 e. The van der Waals surface area contributed by atoms with Crippen molar-refractivity contribution < 1.29 is 5.11 Å². The average molecular weight is 380 g/mol. The first-order chi connectivity index (χ1) is 12.8. The SMILES string of the molecule is Cc1c(-c2ccc(CO)cc2)sc2c(N=NCc3cccs3)ncnc12. The summed E-state index contributed by atoms with van der Waals surface area (Å²) in [6.45, 7) is 2.67. The summed E-state index contributed by atoms with van der Waals surface area (Å²) in [5.41, 5.74) is 4.02. The van der Waals surface area contributed by atoms with Crippen LogP contribution in [0.1, 0.15) is 16.0 Å². The Balaban J connectivity index is 1.70. The Labute approximate surface area is 158 Å². The van der Waals surface area contributed by atoms with Gasteiger partial charge in [-0.25, -0.2) is 9.97 Å². The Morgan fingerprint density at radius 2 is 1.96 bits per heavy atom. The van der Waals surface area contributed by atoms with Gasteiger partial charge >= 0.3 is 0 Å². The molecule has 0 fully saturated rings. The van der Waals surface area contributed by atoms with E-state index in [2.05, 4.69) is 27.1 Å². The van der Waals surface area contributed by atoms with E-state index in [9.17, 15) is 5.11 Å². The summed E-state index contributed by atoms with van der Waals surface area (Å²) in [5.74, 6) is 0.609. The molecule has 0 radical (unpaired) electrons. The predicted molar refractivity (Wildman–Crippen MR) is 106 cm³/mol. The van der Waals surface area contributed by atoms with Crippen LogP contribution in [0, 0.1) is 6.92 Å². The molecular weight excluding hydrogens is 364 g/mol. The van der Waals surface area contributed by atoms with E-state index in [1.807, 2.05) is 41.8 Å². The number of rotatable bonds is 5. The van der Waals surface area contributed by atoms with Crippen molar-refractivity contribution in [2.45, 2.75) is 20.1 Å². The number of hydrogen-bond acceptors (Lipinski definition) is 7. The van der Waals surface area contributed by atoms with E-state index in [0.29, 0.717) is 12.4 Å². The second-order valence-electron chi connectivity index (χ2n) is 5.77. The van der Waals surface area contributed by atoms with E-state index in [4.69, 9.17) is 0 Å². The molecule has 0 amide bonds. The number of aliphatic hydroxyl groups is 1. The van der Waals surface area contributed by atoms with E-state index in [1.54, 1.807) is 29.0 Å². The molecule has 5 nitrogen and oxygen atoms in total. The van der Waals surface area contributed by atoms with E-state index >= 15 is 0 Å². The van der Waals surface area contributed by atoms with Crippen LogP contribution in [0.4, 0.5) is 5.82 Å². The monoisotopic (exact) mass is 380 g/mol. The lowest BCUT2D eigenvalue weighted by Gasteiger charge is -2.01. The van der Waals surface area contributed by atoms with Gasteiger partial charge in [0, 0.05) is 9.75 Å². The van der Waals surface area contributed by atoms with Gasteiger partial charge in [-0.05, 0) is 35.1 Å².